The predicted molar refractivity (Wildman–Crippen MR) is 50.2 cm³/mol. The Morgan fingerprint density at radius 2 is 2.17 bits per heavy atom. The third-order valence-electron chi connectivity index (χ3n) is 1.32. The lowest BCUT2D eigenvalue weighted by molar-refractivity contribution is -0.138. The van der Waals surface area contributed by atoms with Crippen molar-refractivity contribution in [1.82, 2.24) is 0 Å². The van der Waals surface area contributed by atoms with Gasteiger partial charge in [0.15, 0.2) is 5.17 Å². The summed E-state index contributed by atoms with van der Waals surface area (Å²) in [7, 11) is 1.54. The van der Waals surface area contributed by atoms with Crippen LogP contribution in [0.2, 0.25) is 0 Å². The Hall–Kier alpha value is -0.750. The van der Waals surface area contributed by atoms with E-state index in [0.717, 1.165) is 11.8 Å². The molecule has 0 aliphatic carbocycles. The van der Waals surface area contributed by atoms with E-state index in [-0.39, 0.29) is 5.25 Å². The number of nitrogens with zero attached hydrogens (tertiary/aromatic N) is 1. The zero-order valence-corrected chi connectivity index (χ0v) is 7.84. The molecule has 12 heavy (non-hydrogen) atoms. The maximum Gasteiger partial charge on any atom is 0.321 e. The number of amidine groups is 1. The third kappa shape index (κ3) is 3.59. The molecule has 0 rings (SSSR count). The summed E-state index contributed by atoms with van der Waals surface area (Å²) in [6, 6.07) is -0.907. The molecule has 0 radical (unpaired) electrons. The lowest BCUT2D eigenvalue weighted by atomic mass is 10.2. The van der Waals surface area contributed by atoms with Gasteiger partial charge in [0.1, 0.15) is 6.04 Å². The average Bonchev–Trinajstić information content (AvgIpc) is 2.02. The number of carbonyl (C=O) groups is 1. The molecule has 5 N–H and O–H groups in total. The second-order valence-electron chi connectivity index (χ2n) is 2.25. The SMILES string of the molecule is CN=C(N)S[C@@H](C)[C@H](N)C(=O)O. The minimum atomic E-state index is -1.03. The summed E-state index contributed by atoms with van der Waals surface area (Å²) in [5, 5.41) is 8.59. The van der Waals surface area contributed by atoms with Crippen LogP contribution in [-0.4, -0.2) is 34.6 Å². The maximum atomic E-state index is 10.4. The number of hydrogen-bond acceptors (Lipinski definition) is 4. The number of rotatable bonds is 3. The first-order valence-electron chi connectivity index (χ1n) is 3.36. The molecule has 0 unspecified atom stereocenters. The van der Waals surface area contributed by atoms with Crippen molar-refractivity contribution < 1.29 is 9.90 Å². The summed E-state index contributed by atoms with van der Waals surface area (Å²) in [5.41, 5.74) is 10.7. The summed E-state index contributed by atoms with van der Waals surface area (Å²) in [4.78, 5) is 14.1. The number of carboxylic acid groups (broad SMARTS) is 1. The monoisotopic (exact) mass is 191 g/mol. The van der Waals surface area contributed by atoms with E-state index >= 15 is 0 Å². The van der Waals surface area contributed by atoms with Crippen LogP contribution in [0.5, 0.6) is 0 Å². The highest BCUT2D eigenvalue weighted by Crippen LogP contribution is 2.12. The van der Waals surface area contributed by atoms with E-state index in [1.165, 1.54) is 0 Å². The molecule has 0 aromatic heterocycles. The molecule has 2 atom stereocenters. The van der Waals surface area contributed by atoms with Crippen molar-refractivity contribution in [2.45, 2.75) is 18.2 Å². The molecule has 0 amide bonds. The molecule has 0 saturated heterocycles. The first-order valence-corrected chi connectivity index (χ1v) is 4.24. The molecule has 0 aliphatic heterocycles. The Balaban J connectivity index is 4.03. The van der Waals surface area contributed by atoms with E-state index in [2.05, 4.69) is 4.99 Å². The predicted octanol–water partition coefficient (Wildman–Crippen LogP) is -0.535. The number of aliphatic imine (C=N–C) groups is 1. The fourth-order valence-corrected chi connectivity index (χ4v) is 1.27. The highest BCUT2D eigenvalue weighted by atomic mass is 32.2. The Kier molecular flexibility index (Phi) is 4.68. The van der Waals surface area contributed by atoms with Gasteiger partial charge in [0.05, 0.1) is 0 Å². The molecule has 0 aromatic rings. The molecule has 0 heterocycles. The van der Waals surface area contributed by atoms with Gasteiger partial charge in [-0.2, -0.15) is 0 Å². The van der Waals surface area contributed by atoms with Crippen LogP contribution in [0.25, 0.3) is 0 Å². The van der Waals surface area contributed by atoms with Crippen LogP contribution < -0.4 is 11.5 Å². The molecule has 70 valence electrons. The van der Waals surface area contributed by atoms with E-state index < -0.39 is 12.0 Å². The second-order valence-corrected chi connectivity index (χ2v) is 3.65. The maximum absolute atomic E-state index is 10.4. The minimum absolute atomic E-state index is 0.272. The summed E-state index contributed by atoms with van der Waals surface area (Å²) in [6.07, 6.45) is 0. The second kappa shape index (κ2) is 5.00. The smallest absolute Gasteiger partial charge is 0.321 e. The summed E-state index contributed by atoms with van der Waals surface area (Å²) in [6.45, 7) is 1.70. The van der Waals surface area contributed by atoms with Gasteiger partial charge in [0.25, 0.3) is 0 Å². The van der Waals surface area contributed by atoms with E-state index in [4.69, 9.17) is 16.6 Å². The fraction of sp³-hybridized carbons (Fsp3) is 0.667. The Morgan fingerprint density at radius 3 is 2.50 bits per heavy atom. The number of thioether (sulfide) groups is 1. The summed E-state index contributed by atoms with van der Waals surface area (Å²) in [5.74, 6) is -1.03. The van der Waals surface area contributed by atoms with Crippen LogP contribution in [0.15, 0.2) is 4.99 Å². The van der Waals surface area contributed by atoms with E-state index in [1.54, 1.807) is 14.0 Å². The molecule has 0 aliphatic rings. The van der Waals surface area contributed by atoms with Crippen molar-refractivity contribution in [3.05, 3.63) is 0 Å². The molecule has 0 spiro atoms. The van der Waals surface area contributed by atoms with Crippen molar-refractivity contribution in [2.75, 3.05) is 7.05 Å². The van der Waals surface area contributed by atoms with E-state index in [0.29, 0.717) is 5.17 Å². The van der Waals surface area contributed by atoms with Crippen LogP contribution in [0.1, 0.15) is 6.92 Å². The topological polar surface area (TPSA) is 102 Å². The van der Waals surface area contributed by atoms with Crippen molar-refractivity contribution >= 4 is 22.9 Å². The zero-order chi connectivity index (χ0) is 9.72. The molecular formula is C6H13N3O2S. The molecular weight excluding hydrogens is 178 g/mol. The molecule has 0 bridgehead atoms. The van der Waals surface area contributed by atoms with Crippen LogP contribution in [0, 0.1) is 0 Å². The lowest BCUT2D eigenvalue weighted by Gasteiger charge is -2.13. The van der Waals surface area contributed by atoms with Crippen molar-refractivity contribution in [3.63, 3.8) is 0 Å². The largest absolute Gasteiger partial charge is 0.480 e. The Labute approximate surface area is 75.2 Å². The van der Waals surface area contributed by atoms with Crippen molar-refractivity contribution in [2.24, 2.45) is 16.5 Å². The van der Waals surface area contributed by atoms with Crippen LogP contribution in [0.4, 0.5) is 0 Å². The van der Waals surface area contributed by atoms with Gasteiger partial charge in [-0.1, -0.05) is 18.7 Å². The van der Waals surface area contributed by atoms with Gasteiger partial charge in [-0.3, -0.25) is 9.79 Å². The van der Waals surface area contributed by atoms with Gasteiger partial charge in [-0.05, 0) is 0 Å². The third-order valence-corrected chi connectivity index (χ3v) is 2.41. The van der Waals surface area contributed by atoms with Crippen LogP contribution in [0.3, 0.4) is 0 Å². The van der Waals surface area contributed by atoms with Gasteiger partial charge in [0.2, 0.25) is 0 Å². The Morgan fingerprint density at radius 1 is 1.67 bits per heavy atom. The van der Waals surface area contributed by atoms with E-state index in [9.17, 15) is 4.79 Å². The highest BCUT2D eigenvalue weighted by Gasteiger charge is 2.21. The molecule has 5 nitrogen and oxygen atoms in total. The first-order chi connectivity index (χ1) is 5.49. The number of aliphatic carboxylic acids is 1. The number of nitrogens with two attached hydrogens (primary N) is 2. The minimum Gasteiger partial charge on any atom is -0.480 e. The standard InChI is InChI=1S/C6H13N3O2S/c1-3(4(7)5(10)11)12-6(8)9-2/h3-4H,7H2,1-2H3,(H2,8,9)(H,10,11)/t3-,4-/m0/s1. The van der Waals surface area contributed by atoms with Gasteiger partial charge in [-0.25, -0.2) is 0 Å². The van der Waals surface area contributed by atoms with Crippen molar-refractivity contribution in [1.29, 1.82) is 0 Å². The van der Waals surface area contributed by atoms with Gasteiger partial charge < -0.3 is 16.6 Å². The summed E-state index contributed by atoms with van der Waals surface area (Å²) >= 11 is 1.16. The molecule has 0 saturated carbocycles. The first kappa shape index (κ1) is 11.2. The van der Waals surface area contributed by atoms with Crippen LogP contribution >= 0.6 is 11.8 Å². The summed E-state index contributed by atoms with van der Waals surface area (Å²) < 4.78 is 0. The number of hydrogen-bond donors (Lipinski definition) is 3. The van der Waals surface area contributed by atoms with Crippen LogP contribution in [-0.2, 0) is 4.79 Å². The average molecular weight is 191 g/mol. The van der Waals surface area contributed by atoms with Gasteiger partial charge >= 0.3 is 5.97 Å². The lowest BCUT2D eigenvalue weighted by Crippen LogP contribution is -2.39. The van der Waals surface area contributed by atoms with E-state index in [1.807, 2.05) is 0 Å². The number of carboxylic acids is 1. The van der Waals surface area contributed by atoms with Gasteiger partial charge in [-0.15, -0.1) is 0 Å². The fourth-order valence-electron chi connectivity index (χ4n) is 0.517. The quantitative estimate of drug-likeness (QED) is 0.411. The highest BCUT2D eigenvalue weighted by molar-refractivity contribution is 8.14. The zero-order valence-electron chi connectivity index (χ0n) is 7.02. The molecule has 6 heteroatoms. The van der Waals surface area contributed by atoms with Crippen molar-refractivity contribution in [3.8, 4) is 0 Å². The molecule has 0 fully saturated rings. The normalized spacial score (nSPS) is 17.1. The van der Waals surface area contributed by atoms with Gasteiger partial charge in [0, 0.05) is 12.3 Å². The molecule has 0 aromatic carbocycles. The Bertz CT molecular complexity index is 195.